The molecule has 1 aromatic heterocycles. The maximum absolute atomic E-state index is 13.7. The molecular weight excluding hydrogens is 453 g/mol. The van der Waals surface area contributed by atoms with E-state index in [-0.39, 0.29) is 11.7 Å². The van der Waals surface area contributed by atoms with Crippen LogP contribution in [0.2, 0.25) is 5.02 Å². The lowest BCUT2D eigenvalue weighted by atomic mass is 10.1. The van der Waals surface area contributed by atoms with Gasteiger partial charge in [0, 0.05) is 31.2 Å². The first-order chi connectivity index (χ1) is 15.3. The zero-order chi connectivity index (χ0) is 22.7. The number of fused-ring (bicyclic) bond motifs is 1. The molecule has 4 rings (SSSR count). The Morgan fingerprint density at radius 1 is 1.25 bits per heavy atom. The number of hydrogen-bond acceptors (Lipinski definition) is 6. The molecule has 0 aliphatic carbocycles. The predicted octanol–water partition coefficient (Wildman–Crippen LogP) is 4.61. The third-order valence-electron chi connectivity index (χ3n) is 5.26. The zero-order valence-electron chi connectivity index (χ0n) is 18.0. The molecule has 2 aromatic carbocycles. The number of rotatable bonds is 7. The Labute approximate surface area is 195 Å². The number of ether oxygens (including phenoxy) is 2. The van der Waals surface area contributed by atoms with Gasteiger partial charge in [-0.15, -0.1) is 0 Å². The van der Waals surface area contributed by atoms with Crippen LogP contribution in [0.1, 0.15) is 13.8 Å². The number of hydrogen-bond donors (Lipinski definition) is 0. The van der Waals surface area contributed by atoms with Crippen molar-refractivity contribution < 1.29 is 18.7 Å². The van der Waals surface area contributed by atoms with Crippen molar-refractivity contribution in [3.8, 4) is 5.75 Å². The molecule has 170 valence electrons. The fraction of sp³-hybridized carbons (Fsp3) is 0.391. The molecule has 1 fully saturated rings. The standard InChI is InChI=1S/C23H25ClFN3O3S/c1-23(2,31-18-6-3-16(24)4-7-18)21(29)28(10-9-27-11-13-30-14-12-27)22-26-19-8-5-17(25)15-20(19)32-22/h3-8,15H,9-14H2,1-2H3. The highest BCUT2D eigenvalue weighted by Gasteiger charge is 2.36. The van der Waals surface area contributed by atoms with Gasteiger partial charge in [-0.2, -0.15) is 0 Å². The molecule has 32 heavy (non-hydrogen) atoms. The van der Waals surface area contributed by atoms with Crippen LogP contribution >= 0.6 is 22.9 Å². The Hall–Kier alpha value is -2.26. The maximum Gasteiger partial charge on any atom is 0.272 e. The van der Waals surface area contributed by atoms with E-state index in [9.17, 15) is 9.18 Å². The zero-order valence-corrected chi connectivity index (χ0v) is 19.6. The first kappa shape index (κ1) is 22.9. The maximum atomic E-state index is 13.7. The Bertz CT molecular complexity index is 1080. The van der Waals surface area contributed by atoms with Crippen LogP contribution in [0.15, 0.2) is 42.5 Å². The van der Waals surface area contributed by atoms with Gasteiger partial charge < -0.3 is 9.47 Å². The van der Waals surface area contributed by atoms with Gasteiger partial charge in [0.25, 0.3) is 5.91 Å². The van der Waals surface area contributed by atoms with Crippen LogP contribution in [0.3, 0.4) is 0 Å². The lowest BCUT2D eigenvalue weighted by Crippen LogP contribution is -2.51. The van der Waals surface area contributed by atoms with Crippen molar-refractivity contribution in [2.75, 3.05) is 44.3 Å². The number of benzene rings is 2. The number of aromatic nitrogens is 1. The summed E-state index contributed by atoms with van der Waals surface area (Å²) in [6.07, 6.45) is 0. The van der Waals surface area contributed by atoms with Crippen LogP contribution in [0.5, 0.6) is 5.75 Å². The summed E-state index contributed by atoms with van der Waals surface area (Å²) in [5, 5.41) is 1.12. The van der Waals surface area contributed by atoms with Crippen molar-refractivity contribution in [1.29, 1.82) is 0 Å². The average Bonchev–Trinajstić information content (AvgIpc) is 3.19. The van der Waals surface area contributed by atoms with Crippen LogP contribution < -0.4 is 9.64 Å². The van der Waals surface area contributed by atoms with Crippen molar-refractivity contribution in [2.24, 2.45) is 0 Å². The first-order valence-electron chi connectivity index (χ1n) is 10.4. The van der Waals surface area contributed by atoms with Gasteiger partial charge in [-0.05, 0) is 56.3 Å². The Morgan fingerprint density at radius 3 is 2.69 bits per heavy atom. The van der Waals surface area contributed by atoms with E-state index in [1.165, 1.54) is 23.5 Å². The molecule has 0 N–H and O–H groups in total. The van der Waals surface area contributed by atoms with Gasteiger partial charge in [0.15, 0.2) is 10.7 Å². The molecule has 1 amide bonds. The lowest BCUT2D eigenvalue weighted by Gasteiger charge is -2.33. The van der Waals surface area contributed by atoms with E-state index >= 15 is 0 Å². The molecule has 1 saturated heterocycles. The summed E-state index contributed by atoms with van der Waals surface area (Å²) >= 11 is 7.26. The quantitative estimate of drug-likeness (QED) is 0.497. The summed E-state index contributed by atoms with van der Waals surface area (Å²) in [6, 6.07) is 11.3. The molecule has 0 saturated carbocycles. The van der Waals surface area contributed by atoms with Crippen LogP contribution in [0, 0.1) is 5.82 Å². The van der Waals surface area contributed by atoms with E-state index in [2.05, 4.69) is 9.88 Å². The highest BCUT2D eigenvalue weighted by molar-refractivity contribution is 7.22. The summed E-state index contributed by atoms with van der Waals surface area (Å²) in [4.78, 5) is 22.2. The van der Waals surface area contributed by atoms with Crippen molar-refractivity contribution in [1.82, 2.24) is 9.88 Å². The number of nitrogens with zero attached hydrogens (tertiary/aromatic N) is 3. The fourth-order valence-electron chi connectivity index (χ4n) is 3.52. The lowest BCUT2D eigenvalue weighted by molar-refractivity contribution is -0.131. The van der Waals surface area contributed by atoms with Crippen molar-refractivity contribution in [3.63, 3.8) is 0 Å². The number of halogens is 2. The summed E-state index contributed by atoms with van der Waals surface area (Å²) in [6.45, 7) is 7.58. The van der Waals surface area contributed by atoms with Crippen molar-refractivity contribution >= 4 is 44.2 Å². The molecule has 2 heterocycles. The molecular formula is C23H25ClFN3O3S. The molecule has 1 aliphatic rings. The minimum absolute atomic E-state index is 0.222. The highest BCUT2D eigenvalue weighted by atomic mass is 35.5. The Kier molecular flexibility index (Phi) is 6.95. The summed E-state index contributed by atoms with van der Waals surface area (Å²) < 4.78 is 25.9. The van der Waals surface area contributed by atoms with E-state index in [0.717, 1.165) is 13.1 Å². The molecule has 3 aromatic rings. The molecule has 9 heteroatoms. The SMILES string of the molecule is CC(C)(Oc1ccc(Cl)cc1)C(=O)N(CCN1CCOCC1)c1nc2ccc(F)cc2s1. The number of carbonyl (C=O) groups is 1. The van der Waals surface area contributed by atoms with Gasteiger partial charge in [-0.1, -0.05) is 22.9 Å². The molecule has 0 bridgehead atoms. The number of carbonyl (C=O) groups excluding carboxylic acids is 1. The topological polar surface area (TPSA) is 54.9 Å². The predicted molar refractivity (Wildman–Crippen MR) is 125 cm³/mol. The van der Waals surface area contributed by atoms with Crippen molar-refractivity contribution in [3.05, 3.63) is 53.3 Å². The molecule has 0 unspecified atom stereocenters. The van der Waals surface area contributed by atoms with E-state index in [0.29, 0.717) is 52.4 Å². The van der Waals surface area contributed by atoms with Crippen molar-refractivity contribution in [2.45, 2.75) is 19.4 Å². The third kappa shape index (κ3) is 5.38. The normalized spacial score (nSPS) is 15.1. The first-order valence-corrected chi connectivity index (χ1v) is 11.6. The molecule has 0 spiro atoms. The van der Waals surface area contributed by atoms with Crippen LogP contribution in [0.25, 0.3) is 10.2 Å². The summed E-state index contributed by atoms with van der Waals surface area (Å²) in [7, 11) is 0. The molecule has 6 nitrogen and oxygen atoms in total. The largest absolute Gasteiger partial charge is 0.478 e. The van der Waals surface area contributed by atoms with Gasteiger partial charge in [-0.25, -0.2) is 9.37 Å². The van der Waals surface area contributed by atoms with Gasteiger partial charge in [-0.3, -0.25) is 14.6 Å². The summed E-state index contributed by atoms with van der Waals surface area (Å²) in [5.41, 5.74) is -0.492. The molecule has 0 radical (unpaired) electrons. The second-order valence-corrected chi connectivity index (χ2v) is 9.53. The Balaban J connectivity index is 1.60. The molecule has 0 atom stereocenters. The van der Waals surface area contributed by atoms with Gasteiger partial charge in [0.05, 0.1) is 23.4 Å². The number of thiazole rings is 1. The summed E-state index contributed by atoms with van der Waals surface area (Å²) in [5.74, 6) is -0.00205. The fourth-order valence-corrected chi connectivity index (χ4v) is 4.66. The van der Waals surface area contributed by atoms with Crippen LogP contribution in [-0.4, -0.2) is 60.8 Å². The van der Waals surface area contributed by atoms with Gasteiger partial charge in [0.1, 0.15) is 11.6 Å². The second-order valence-electron chi connectivity index (χ2n) is 8.09. The van der Waals surface area contributed by atoms with Gasteiger partial charge in [0.2, 0.25) is 0 Å². The van der Waals surface area contributed by atoms with Crippen LogP contribution in [-0.2, 0) is 9.53 Å². The van der Waals surface area contributed by atoms with E-state index < -0.39 is 5.60 Å². The third-order valence-corrected chi connectivity index (χ3v) is 6.55. The Morgan fingerprint density at radius 2 is 1.97 bits per heavy atom. The smallest absolute Gasteiger partial charge is 0.272 e. The number of anilines is 1. The van der Waals surface area contributed by atoms with E-state index in [4.69, 9.17) is 21.1 Å². The number of morpholine rings is 1. The number of amides is 1. The van der Waals surface area contributed by atoms with E-state index in [1.54, 1.807) is 49.1 Å². The minimum Gasteiger partial charge on any atom is -0.478 e. The average molecular weight is 478 g/mol. The van der Waals surface area contributed by atoms with E-state index in [1.807, 2.05) is 0 Å². The second kappa shape index (κ2) is 9.70. The monoisotopic (exact) mass is 477 g/mol. The molecule has 1 aliphatic heterocycles. The van der Waals surface area contributed by atoms with Gasteiger partial charge >= 0.3 is 0 Å². The minimum atomic E-state index is -1.15. The van der Waals surface area contributed by atoms with Crippen LogP contribution in [0.4, 0.5) is 9.52 Å². The highest BCUT2D eigenvalue weighted by Crippen LogP contribution is 2.32.